The molecule has 1 fully saturated rings. The Kier molecular flexibility index (Phi) is 4.36. The van der Waals surface area contributed by atoms with Gasteiger partial charge in [-0.25, -0.2) is 0 Å². The SMILES string of the molecule is CC(CC(=O)N1CCC[C@H]1CO)C(C)(C)C. The van der Waals surface area contributed by atoms with Crippen molar-refractivity contribution in [2.45, 2.75) is 53.0 Å². The Morgan fingerprint density at radius 2 is 2.12 bits per heavy atom. The van der Waals surface area contributed by atoms with E-state index in [1.54, 1.807) is 0 Å². The lowest BCUT2D eigenvalue weighted by Crippen LogP contribution is -2.39. The molecular formula is C13H25NO2. The first-order chi connectivity index (χ1) is 7.36. The monoisotopic (exact) mass is 227 g/mol. The van der Waals surface area contributed by atoms with Gasteiger partial charge in [-0.3, -0.25) is 4.79 Å². The molecule has 1 saturated heterocycles. The molecule has 0 aromatic heterocycles. The molecule has 3 nitrogen and oxygen atoms in total. The lowest BCUT2D eigenvalue weighted by Gasteiger charge is -2.30. The van der Waals surface area contributed by atoms with Crippen molar-refractivity contribution in [1.82, 2.24) is 4.90 Å². The quantitative estimate of drug-likeness (QED) is 0.801. The minimum atomic E-state index is 0.0691. The fraction of sp³-hybridized carbons (Fsp3) is 0.923. The van der Waals surface area contributed by atoms with Crippen molar-refractivity contribution >= 4 is 5.91 Å². The van der Waals surface area contributed by atoms with E-state index in [-0.39, 0.29) is 24.0 Å². The number of aliphatic hydroxyl groups excluding tert-OH is 1. The molecular weight excluding hydrogens is 202 g/mol. The molecule has 3 heteroatoms. The first kappa shape index (κ1) is 13.5. The molecule has 16 heavy (non-hydrogen) atoms. The number of amides is 1. The van der Waals surface area contributed by atoms with Gasteiger partial charge in [-0.2, -0.15) is 0 Å². The highest BCUT2D eigenvalue weighted by molar-refractivity contribution is 5.77. The van der Waals surface area contributed by atoms with Gasteiger partial charge in [0.1, 0.15) is 0 Å². The van der Waals surface area contributed by atoms with E-state index in [1.807, 2.05) is 4.90 Å². The van der Waals surface area contributed by atoms with Gasteiger partial charge in [-0.05, 0) is 24.2 Å². The molecule has 1 aliphatic rings. The average Bonchev–Trinajstić information content (AvgIpc) is 2.63. The zero-order chi connectivity index (χ0) is 12.3. The Morgan fingerprint density at radius 3 is 2.62 bits per heavy atom. The molecule has 1 rings (SSSR count). The summed E-state index contributed by atoms with van der Waals surface area (Å²) in [6.07, 6.45) is 2.58. The highest BCUT2D eigenvalue weighted by atomic mass is 16.3. The van der Waals surface area contributed by atoms with Crippen LogP contribution in [-0.4, -0.2) is 35.1 Å². The van der Waals surface area contributed by atoms with E-state index in [0.29, 0.717) is 12.3 Å². The Labute approximate surface area is 98.8 Å². The maximum absolute atomic E-state index is 12.1. The topological polar surface area (TPSA) is 40.5 Å². The summed E-state index contributed by atoms with van der Waals surface area (Å²) in [6.45, 7) is 9.55. The van der Waals surface area contributed by atoms with Crippen molar-refractivity contribution in [2.75, 3.05) is 13.2 Å². The van der Waals surface area contributed by atoms with E-state index in [0.717, 1.165) is 19.4 Å². The molecule has 0 aromatic rings. The van der Waals surface area contributed by atoms with Crippen LogP contribution in [0.25, 0.3) is 0 Å². The van der Waals surface area contributed by atoms with Crippen LogP contribution in [0.1, 0.15) is 47.0 Å². The molecule has 0 saturated carbocycles. The largest absolute Gasteiger partial charge is 0.394 e. The van der Waals surface area contributed by atoms with Crippen molar-refractivity contribution in [3.63, 3.8) is 0 Å². The van der Waals surface area contributed by atoms with E-state index in [2.05, 4.69) is 27.7 Å². The fourth-order valence-electron chi connectivity index (χ4n) is 2.04. The lowest BCUT2D eigenvalue weighted by molar-refractivity contribution is -0.134. The van der Waals surface area contributed by atoms with Crippen molar-refractivity contribution in [1.29, 1.82) is 0 Å². The van der Waals surface area contributed by atoms with Gasteiger partial charge in [-0.15, -0.1) is 0 Å². The zero-order valence-electron chi connectivity index (χ0n) is 11.0. The highest BCUT2D eigenvalue weighted by Crippen LogP contribution is 2.29. The van der Waals surface area contributed by atoms with Crippen LogP contribution in [0.5, 0.6) is 0 Å². The number of likely N-dealkylation sites (tertiary alicyclic amines) is 1. The number of nitrogens with zero attached hydrogens (tertiary/aromatic N) is 1. The van der Waals surface area contributed by atoms with E-state index in [1.165, 1.54) is 0 Å². The van der Waals surface area contributed by atoms with Crippen molar-refractivity contribution in [2.24, 2.45) is 11.3 Å². The molecule has 1 heterocycles. The van der Waals surface area contributed by atoms with Crippen molar-refractivity contribution in [3.05, 3.63) is 0 Å². The number of hydrogen-bond acceptors (Lipinski definition) is 2. The van der Waals surface area contributed by atoms with E-state index < -0.39 is 0 Å². The third-order valence-corrected chi connectivity index (χ3v) is 3.87. The third-order valence-electron chi connectivity index (χ3n) is 3.87. The predicted molar refractivity (Wildman–Crippen MR) is 65.1 cm³/mol. The lowest BCUT2D eigenvalue weighted by atomic mass is 9.80. The normalized spacial score (nSPS) is 23.6. The highest BCUT2D eigenvalue weighted by Gasteiger charge is 2.31. The smallest absolute Gasteiger partial charge is 0.223 e. The Hall–Kier alpha value is -0.570. The molecule has 94 valence electrons. The maximum Gasteiger partial charge on any atom is 0.223 e. The second-order valence-electron chi connectivity index (χ2n) is 6.04. The molecule has 0 bridgehead atoms. The summed E-state index contributed by atoms with van der Waals surface area (Å²) in [7, 11) is 0. The zero-order valence-corrected chi connectivity index (χ0v) is 11.0. The van der Waals surface area contributed by atoms with Crippen LogP contribution in [0.15, 0.2) is 0 Å². The summed E-state index contributed by atoms with van der Waals surface area (Å²) in [5.74, 6) is 0.582. The number of hydrogen-bond donors (Lipinski definition) is 1. The molecule has 0 radical (unpaired) electrons. The Balaban J connectivity index is 2.52. The molecule has 1 aliphatic heterocycles. The first-order valence-corrected chi connectivity index (χ1v) is 6.26. The van der Waals surface area contributed by atoms with Crippen LogP contribution in [-0.2, 0) is 4.79 Å². The van der Waals surface area contributed by atoms with Gasteiger partial charge < -0.3 is 10.0 Å². The van der Waals surface area contributed by atoms with Crippen LogP contribution in [0.2, 0.25) is 0 Å². The predicted octanol–water partition coefficient (Wildman–Crippen LogP) is 2.04. The summed E-state index contributed by atoms with van der Waals surface area (Å²) >= 11 is 0. The van der Waals surface area contributed by atoms with Gasteiger partial charge in [0.2, 0.25) is 5.91 Å². The molecule has 2 atom stereocenters. The van der Waals surface area contributed by atoms with Crippen LogP contribution in [0.4, 0.5) is 0 Å². The van der Waals surface area contributed by atoms with Crippen LogP contribution in [0, 0.1) is 11.3 Å². The first-order valence-electron chi connectivity index (χ1n) is 6.26. The third kappa shape index (κ3) is 3.21. The summed E-state index contributed by atoms with van der Waals surface area (Å²) in [5, 5.41) is 9.19. The van der Waals surface area contributed by atoms with E-state index in [9.17, 15) is 9.90 Å². The number of aliphatic hydroxyl groups is 1. The second kappa shape index (κ2) is 5.17. The van der Waals surface area contributed by atoms with Gasteiger partial charge in [0, 0.05) is 13.0 Å². The molecule has 0 aromatic carbocycles. The van der Waals surface area contributed by atoms with Crippen LogP contribution >= 0.6 is 0 Å². The van der Waals surface area contributed by atoms with Crippen LogP contribution in [0.3, 0.4) is 0 Å². The van der Waals surface area contributed by atoms with Gasteiger partial charge >= 0.3 is 0 Å². The minimum absolute atomic E-state index is 0.0691. The molecule has 0 aliphatic carbocycles. The summed E-state index contributed by atoms with van der Waals surface area (Å²) in [6, 6.07) is 0.0691. The van der Waals surface area contributed by atoms with E-state index >= 15 is 0 Å². The minimum Gasteiger partial charge on any atom is -0.394 e. The summed E-state index contributed by atoms with van der Waals surface area (Å²) in [5.41, 5.74) is 0.171. The molecule has 1 N–H and O–H groups in total. The standard InChI is InChI=1S/C13H25NO2/c1-10(13(2,3)4)8-12(16)14-7-5-6-11(14)9-15/h10-11,15H,5-9H2,1-4H3/t10?,11-/m0/s1. The van der Waals surface area contributed by atoms with Gasteiger partial charge in [0.15, 0.2) is 0 Å². The maximum atomic E-state index is 12.1. The second-order valence-corrected chi connectivity index (χ2v) is 6.04. The van der Waals surface area contributed by atoms with Gasteiger partial charge in [0.25, 0.3) is 0 Å². The Bertz CT molecular complexity index is 245. The average molecular weight is 227 g/mol. The van der Waals surface area contributed by atoms with Crippen LogP contribution < -0.4 is 0 Å². The van der Waals surface area contributed by atoms with Gasteiger partial charge in [0.05, 0.1) is 12.6 Å². The summed E-state index contributed by atoms with van der Waals surface area (Å²) < 4.78 is 0. The van der Waals surface area contributed by atoms with Gasteiger partial charge in [-0.1, -0.05) is 27.7 Å². The number of rotatable bonds is 3. The number of carbonyl (C=O) groups excluding carboxylic acids is 1. The molecule has 1 amide bonds. The fourth-order valence-corrected chi connectivity index (χ4v) is 2.04. The number of carbonyl (C=O) groups is 1. The van der Waals surface area contributed by atoms with E-state index in [4.69, 9.17) is 0 Å². The summed E-state index contributed by atoms with van der Waals surface area (Å²) in [4.78, 5) is 13.9. The van der Waals surface area contributed by atoms with Crippen molar-refractivity contribution in [3.8, 4) is 0 Å². The molecule has 0 spiro atoms. The molecule has 1 unspecified atom stereocenters. The Morgan fingerprint density at radius 1 is 1.50 bits per heavy atom. The van der Waals surface area contributed by atoms with Crippen molar-refractivity contribution < 1.29 is 9.90 Å².